The number of nitrogens with zero attached hydrogens (tertiary/aromatic N) is 1. The monoisotopic (exact) mass is 241 g/mol. The molecule has 94 valence electrons. The Morgan fingerprint density at radius 1 is 1.28 bits per heavy atom. The summed E-state index contributed by atoms with van der Waals surface area (Å²) in [6, 6.07) is 8.56. The second kappa shape index (κ2) is 4.25. The molecule has 3 nitrogen and oxygen atoms in total. The summed E-state index contributed by atoms with van der Waals surface area (Å²) in [5.74, 6) is 1.13. The van der Waals surface area contributed by atoms with E-state index in [-0.39, 0.29) is 5.41 Å². The van der Waals surface area contributed by atoms with E-state index < -0.39 is 0 Å². The lowest BCUT2D eigenvalue weighted by atomic mass is 10.1. The maximum absolute atomic E-state index is 4.57. The molecule has 18 heavy (non-hydrogen) atoms. The van der Waals surface area contributed by atoms with Crippen LogP contribution in [0.2, 0.25) is 0 Å². The van der Waals surface area contributed by atoms with Gasteiger partial charge in [0.05, 0.1) is 11.9 Å². The molecule has 0 spiro atoms. The number of nitrogens with one attached hydrogen (secondary N) is 2. The summed E-state index contributed by atoms with van der Waals surface area (Å²) < 4.78 is 0. The van der Waals surface area contributed by atoms with Crippen LogP contribution in [-0.2, 0) is 5.41 Å². The van der Waals surface area contributed by atoms with E-state index in [1.807, 2.05) is 13.2 Å². The Bertz CT molecular complexity index is 535. The number of benzene rings is 1. The Labute approximate surface area is 108 Å². The van der Waals surface area contributed by atoms with Gasteiger partial charge in [0.15, 0.2) is 0 Å². The maximum Gasteiger partial charge on any atom is 0.114 e. The van der Waals surface area contributed by atoms with Crippen LogP contribution in [0.3, 0.4) is 0 Å². The van der Waals surface area contributed by atoms with E-state index in [0.29, 0.717) is 0 Å². The van der Waals surface area contributed by atoms with E-state index in [2.05, 4.69) is 46.5 Å². The molecule has 0 radical (unpaired) electrons. The van der Waals surface area contributed by atoms with Crippen LogP contribution in [0.4, 0.5) is 0 Å². The minimum atomic E-state index is 0.262. The summed E-state index contributed by atoms with van der Waals surface area (Å²) in [6.07, 6.45) is 4.42. The van der Waals surface area contributed by atoms with Crippen molar-refractivity contribution in [2.45, 2.75) is 25.2 Å². The van der Waals surface area contributed by atoms with Gasteiger partial charge in [0.25, 0.3) is 0 Å². The first-order valence-corrected chi connectivity index (χ1v) is 6.51. The van der Waals surface area contributed by atoms with Gasteiger partial charge in [-0.2, -0.15) is 0 Å². The number of aryl methyl sites for hydroxylation is 1. The molecular formula is C15H19N3. The third-order valence-corrected chi connectivity index (χ3v) is 3.81. The fourth-order valence-corrected chi connectivity index (χ4v) is 2.46. The molecule has 1 aromatic carbocycles. The van der Waals surface area contributed by atoms with Gasteiger partial charge >= 0.3 is 0 Å². The van der Waals surface area contributed by atoms with Gasteiger partial charge in [-0.15, -0.1) is 0 Å². The van der Waals surface area contributed by atoms with Gasteiger partial charge in [-0.3, -0.25) is 0 Å². The van der Waals surface area contributed by atoms with Crippen molar-refractivity contribution in [2.75, 3.05) is 13.6 Å². The lowest BCUT2D eigenvalue weighted by Crippen LogP contribution is -2.24. The Morgan fingerprint density at radius 3 is 2.61 bits per heavy atom. The zero-order valence-electron chi connectivity index (χ0n) is 11.0. The molecule has 0 saturated heterocycles. The fourth-order valence-electron chi connectivity index (χ4n) is 2.46. The van der Waals surface area contributed by atoms with Crippen molar-refractivity contribution < 1.29 is 0 Å². The van der Waals surface area contributed by atoms with Gasteiger partial charge < -0.3 is 10.3 Å². The largest absolute Gasteiger partial charge is 0.342 e. The zero-order chi connectivity index (χ0) is 12.6. The minimum absolute atomic E-state index is 0.262. The van der Waals surface area contributed by atoms with E-state index in [1.165, 1.54) is 24.0 Å². The van der Waals surface area contributed by atoms with Gasteiger partial charge in [0.1, 0.15) is 5.82 Å². The highest BCUT2D eigenvalue weighted by Crippen LogP contribution is 2.46. The van der Waals surface area contributed by atoms with Gasteiger partial charge in [0.2, 0.25) is 0 Å². The van der Waals surface area contributed by atoms with Crippen molar-refractivity contribution in [3.8, 4) is 11.3 Å². The van der Waals surface area contributed by atoms with Crippen LogP contribution in [0, 0.1) is 6.92 Å². The van der Waals surface area contributed by atoms with Crippen LogP contribution in [0.5, 0.6) is 0 Å². The molecule has 2 N–H and O–H groups in total. The number of imidazole rings is 1. The summed E-state index contributed by atoms with van der Waals surface area (Å²) in [5, 5.41) is 3.27. The average Bonchev–Trinajstić information content (AvgIpc) is 2.99. The number of rotatable bonds is 4. The smallest absolute Gasteiger partial charge is 0.114 e. The Hall–Kier alpha value is -1.61. The Kier molecular flexibility index (Phi) is 2.71. The van der Waals surface area contributed by atoms with Crippen LogP contribution >= 0.6 is 0 Å². The van der Waals surface area contributed by atoms with E-state index in [1.54, 1.807) is 0 Å². The van der Waals surface area contributed by atoms with E-state index >= 15 is 0 Å². The number of hydrogen-bond donors (Lipinski definition) is 2. The minimum Gasteiger partial charge on any atom is -0.342 e. The van der Waals surface area contributed by atoms with E-state index in [4.69, 9.17) is 0 Å². The van der Waals surface area contributed by atoms with Gasteiger partial charge in [-0.25, -0.2) is 4.98 Å². The first-order valence-electron chi connectivity index (χ1n) is 6.51. The molecule has 0 bridgehead atoms. The fraction of sp³-hybridized carbons (Fsp3) is 0.400. The lowest BCUT2D eigenvalue weighted by Gasteiger charge is -2.10. The third-order valence-electron chi connectivity index (χ3n) is 3.81. The predicted octanol–water partition coefficient (Wildman–Crippen LogP) is 2.64. The number of aromatic amines is 1. The second-order valence-corrected chi connectivity index (χ2v) is 5.32. The van der Waals surface area contributed by atoms with Crippen LogP contribution in [-0.4, -0.2) is 23.6 Å². The van der Waals surface area contributed by atoms with Crippen molar-refractivity contribution in [3.05, 3.63) is 41.9 Å². The first-order chi connectivity index (χ1) is 8.73. The highest BCUT2D eigenvalue weighted by Gasteiger charge is 2.46. The topological polar surface area (TPSA) is 40.7 Å². The molecule has 1 saturated carbocycles. The molecule has 1 heterocycles. The van der Waals surface area contributed by atoms with Crippen LogP contribution < -0.4 is 5.32 Å². The van der Waals surface area contributed by atoms with E-state index in [0.717, 1.165) is 18.1 Å². The van der Waals surface area contributed by atoms with Crippen molar-refractivity contribution in [2.24, 2.45) is 0 Å². The second-order valence-electron chi connectivity index (χ2n) is 5.32. The van der Waals surface area contributed by atoms with Crippen molar-refractivity contribution in [1.82, 2.24) is 15.3 Å². The van der Waals surface area contributed by atoms with Crippen LogP contribution in [0.25, 0.3) is 11.3 Å². The first kappa shape index (κ1) is 11.5. The molecule has 0 aliphatic heterocycles. The standard InChI is InChI=1S/C15H19N3/c1-11-3-5-12(6-4-11)13-9-17-14(18-13)15(7-8-15)10-16-2/h3-6,9,16H,7-8,10H2,1-2H3,(H,17,18). The highest BCUT2D eigenvalue weighted by atomic mass is 15.0. The molecule has 3 rings (SSSR count). The normalized spacial score (nSPS) is 16.8. The summed E-state index contributed by atoms with van der Waals surface area (Å²) in [4.78, 5) is 8.06. The Morgan fingerprint density at radius 2 is 2.00 bits per heavy atom. The quantitative estimate of drug-likeness (QED) is 0.864. The zero-order valence-corrected chi connectivity index (χ0v) is 11.0. The molecule has 1 aliphatic carbocycles. The maximum atomic E-state index is 4.57. The lowest BCUT2D eigenvalue weighted by molar-refractivity contribution is 0.594. The van der Waals surface area contributed by atoms with Gasteiger partial charge in [0, 0.05) is 12.0 Å². The molecule has 3 heteroatoms. The molecule has 2 aromatic rings. The summed E-state index contributed by atoms with van der Waals surface area (Å²) in [7, 11) is 2.00. The summed E-state index contributed by atoms with van der Waals surface area (Å²) in [5.41, 5.74) is 3.87. The van der Waals surface area contributed by atoms with Crippen LogP contribution in [0.1, 0.15) is 24.2 Å². The molecule has 0 atom stereocenters. The van der Waals surface area contributed by atoms with E-state index in [9.17, 15) is 0 Å². The summed E-state index contributed by atoms with van der Waals surface area (Å²) in [6.45, 7) is 3.11. The van der Waals surface area contributed by atoms with Gasteiger partial charge in [-0.05, 0) is 32.4 Å². The number of likely N-dealkylation sites (N-methyl/N-ethyl adjacent to an activating group) is 1. The molecule has 1 fully saturated rings. The van der Waals surface area contributed by atoms with Gasteiger partial charge in [-0.1, -0.05) is 29.8 Å². The van der Waals surface area contributed by atoms with Crippen molar-refractivity contribution >= 4 is 0 Å². The molecule has 0 unspecified atom stereocenters. The predicted molar refractivity (Wildman–Crippen MR) is 73.6 cm³/mol. The highest BCUT2D eigenvalue weighted by molar-refractivity contribution is 5.59. The van der Waals surface area contributed by atoms with Crippen molar-refractivity contribution in [3.63, 3.8) is 0 Å². The number of hydrogen-bond acceptors (Lipinski definition) is 2. The van der Waals surface area contributed by atoms with Crippen molar-refractivity contribution in [1.29, 1.82) is 0 Å². The average molecular weight is 241 g/mol. The molecule has 0 amide bonds. The van der Waals surface area contributed by atoms with Crippen LogP contribution in [0.15, 0.2) is 30.5 Å². The molecule has 1 aromatic heterocycles. The number of aromatic nitrogens is 2. The summed E-state index contributed by atoms with van der Waals surface area (Å²) >= 11 is 0. The molecular weight excluding hydrogens is 222 g/mol. The SMILES string of the molecule is CNCC1(c2ncc(-c3ccc(C)cc3)[nH]2)CC1. The Balaban J connectivity index is 1.88. The third kappa shape index (κ3) is 1.95. The number of H-pyrrole nitrogens is 1. The molecule has 1 aliphatic rings.